The summed E-state index contributed by atoms with van der Waals surface area (Å²) in [5.41, 5.74) is 8.08. The maximum atomic E-state index is 12.6. The monoisotopic (exact) mass is 1130 g/mol. The van der Waals surface area contributed by atoms with Crippen LogP contribution in [-0.2, 0) is 74.3 Å². The normalized spacial score (nSPS) is 11.1. The van der Waals surface area contributed by atoms with E-state index in [0.717, 1.165) is 45.2 Å². The minimum absolute atomic E-state index is 0.0932. The number of hydrogen-bond donors (Lipinski definition) is 6. The van der Waals surface area contributed by atoms with Crippen LogP contribution in [0.25, 0.3) is 0 Å². The predicted octanol–water partition coefficient (Wildman–Crippen LogP) is 10.6. The smallest absolute Gasteiger partial charge is 0.335 e. The number of aromatic carboxylic acids is 3. The summed E-state index contributed by atoms with van der Waals surface area (Å²) in [5.74, 6) is -2.36. The van der Waals surface area contributed by atoms with Crippen molar-refractivity contribution in [3.05, 3.63) is 256 Å². The second kappa shape index (κ2) is 28.0. The SMILES string of the molecule is COc1ccc(S(=O)(=O)Nc2cccc(CCc3ccccc3C(=O)O)c2)cc1.CS(=O)(=O)Nc1cccc(CCc2ccccc2C(=O)O)c1.O=C(O)c1ccccc1CCc1cccc(NS(=O)(=O)Cc2ccccc2)c1. The lowest BCUT2D eigenvalue weighted by Gasteiger charge is -2.11. The van der Waals surface area contributed by atoms with Gasteiger partial charge >= 0.3 is 17.9 Å². The van der Waals surface area contributed by atoms with Gasteiger partial charge in [-0.15, -0.1) is 0 Å². The second-order valence-corrected chi connectivity index (χ2v) is 23.1. The number of anilines is 3. The quantitative estimate of drug-likeness (QED) is 0.0369. The van der Waals surface area contributed by atoms with Gasteiger partial charge in [-0.2, -0.15) is 0 Å². The van der Waals surface area contributed by atoms with Crippen LogP contribution in [0.15, 0.2) is 205 Å². The molecule has 19 heteroatoms. The fourth-order valence-electron chi connectivity index (χ4n) is 8.24. The molecule has 0 aliphatic heterocycles. The molecule has 6 N–H and O–H groups in total. The zero-order chi connectivity index (χ0) is 57.0. The highest BCUT2D eigenvalue weighted by molar-refractivity contribution is 7.93. The number of rotatable bonds is 22. The molecule has 0 saturated heterocycles. The molecule has 8 aromatic rings. The van der Waals surface area contributed by atoms with Crippen LogP contribution in [0.3, 0.4) is 0 Å². The summed E-state index contributed by atoms with van der Waals surface area (Å²) in [6.07, 6.45) is 4.60. The van der Waals surface area contributed by atoms with E-state index in [1.54, 1.807) is 152 Å². The van der Waals surface area contributed by atoms with E-state index in [4.69, 9.17) is 9.84 Å². The summed E-state index contributed by atoms with van der Waals surface area (Å²) in [5, 5.41) is 27.7. The summed E-state index contributed by atoms with van der Waals surface area (Å²) in [7, 11) is -9.03. The Kier molecular flexibility index (Phi) is 21.1. The molecule has 0 amide bonds. The molecule has 0 saturated carbocycles. The van der Waals surface area contributed by atoms with E-state index in [-0.39, 0.29) is 16.2 Å². The fourth-order valence-corrected chi connectivity index (χ4v) is 11.0. The number of nitrogens with one attached hydrogen (secondary N) is 3. The maximum Gasteiger partial charge on any atom is 0.335 e. The van der Waals surface area contributed by atoms with Crippen LogP contribution in [0.5, 0.6) is 5.75 Å². The molecule has 0 spiro atoms. The predicted molar refractivity (Wildman–Crippen MR) is 307 cm³/mol. The molecule has 0 radical (unpaired) electrons. The fraction of sp³-hybridized carbons (Fsp3) is 0.150. The van der Waals surface area contributed by atoms with Crippen molar-refractivity contribution in [2.45, 2.75) is 49.2 Å². The Bertz CT molecular complexity index is 3730. The van der Waals surface area contributed by atoms with Crippen LogP contribution in [0.1, 0.15) is 70.0 Å². The van der Waals surface area contributed by atoms with Gasteiger partial charge in [-0.25, -0.2) is 39.6 Å². The van der Waals surface area contributed by atoms with Crippen LogP contribution in [0, 0.1) is 0 Å². The van der Waals surface area contributed by atoms with E-state index < -0.39 is 48.0 Å². The van der Waals surface area contributed by atoms with Crippen molar-refractivity contribution < 1.29 is 59.7 Å². The molecule has 0 unspecified atom stereocenters. The Hall–Kier alpha value is -8.78. The summed E-state index contributed by atoms with van der Waals surface area (Å²) in [4.78, 5) is 34.0. The van der Waals surface area contributed by atoms with E-state index in [1.165, 1.54) is 19.2 Å². The second-order valence-electron chi connectivity index (χ2n) is 18.0. The van der Waals surface area contributed by atoms with E-state index in [2.05, 4.69) is 14.2 Å². The Morgan fingerprint density at radius 3 is 1.14 bits per heavy atom. The number of ether oxygens (including phenoxy) is 1. The van der Waals surface area contributed by atoms with Gasteiger partial charge in [0, 0.05) is 17.1 Å². The molecule has 0 aliphatic carbocycles. The van der Waals surface area contributed by atoms with Crippen molar-refractivity contribution in [1.29, 1.82) is 0 Å². The molecule has 0 aliphatic rings. The maximum absolute atomic E-state index is 12.6. The van der Waals surface area contributed by atoms with Crippen molar-refractivity contribution in [2.75, 3.05) is 27.5 Å². The number of carboxylic acid groups (broad SMARTS) is 3. The summed E-state index contributed by atoms with van der Waals surface area (Å²) in [6.45, 7) is 0. The Morgan fingerprint density at radius 1 is 0.405 bits per heavy atom. The Morgan fingerprint density at radius 2 is 0.759 bits per heavy atom. The highest BCUT2D eigenvalue weighted by atomic mass is 32.2. The van der Waals surface area contributed by atoms with Gasteiger partial charge in [-0.3, -0.25) is 14.2 Å². The van der Waals surface area contributed by atoms with Crippen molar-refractivity contribution in [3.63, 3.8) is 0 Å². The van der Waals surface area contributed by atoms with Crippen LogP contribution < -0.4 is 18.9 Å². The molecule has 410 valence electrons. The molecule has 0 fully saturated rings. The van der Waals surface area contributed by atoms with Crippen LogP contribution in [0.2, 0.25) is 0 Å². The molecule has 0 aromatic heterocycles. The number of carboxylic acids is 3. The van der Waals surface area contributed by atoms with Crippen molar-refractivity contribution >= 4 is 65.0 Å². The van der Waals surface area contributed by atoms with Crippen LogP contribution in [0.4, 0.5) is 17.1 Å². The van der Waals surface area contributed by atoms with Gasteiger partial charge in [0.25, 0.3) is 10.0 Å². The highest BCUT2D eigenvalue weighted by Gasteiger charge is 2.17. The summed E-state index contributed by atoms with van der Waals surface area (Å²) in [6, 6.07) is 57.2. The van der Waals surface area contributed by atoms with E-state index in [1.807, 2.05) is 36.4 Å². The zero-order valence-corrected chi connectivity index (χ0v) is 45.6. The molecule has 0 atom stereocenters. The van der Waals surface area contributed by atoms with Gasteiger partial charge in [0.05, 0.1) is 40.7 Å². The number of hydrogen-bond acceptors (Lipinski definition) is 10. The van der Waals surface area contributed by atoms with Gasteiger partial charge in [0.2, 0.25) is 20.0 Å². The van der Waals surface area contributed by atoms with Gasteiger partial charge in [-0.05, 0) is 156 Å². The van der Waals surface area contributed by atoms with Gasteiger partial charge < -0.3 is 20.1 Å². The average Bonchev–Trinajstić information content (AvgIpc) is 3.42. The zero-order valence-electron chi connectivity index (χ0n) is 43.2. The lowest BCUT2D eigenvalue weighted by atomic mass is 10.00. The Labute approximate surface area is 460 Å². The van der Waals surface area contributed by atoms with E-state index in [0.29, 0.717) is 72.5 Å². The van der Waals surface area contributed by atoms with Gasteiger partial charge in [-0.1, -0.05) is 121 Å². The molecule has 0 heterocycles. The first kappa shape index (κ1) is 59.5. The molecule has 79 heavy (non-hydrogen) atoms. The minimum atomic E-state index is -3.72. The van der Waals surface area contributed by atoms with Gasteiger partial charge in [0.1, 0.15) is 5.75 Å². The standard InChI is InChI=1S/C22H21NO5S.C22H21NO4S.C16H17NO4S/c1-28-19-11-13-20(14-12-19)29(26,27)23-18-7-4-5-16(15-18)9-10-17-6-2-3-8-21(17)22(24)25;24-22(25)21-12-5-4-10-19(21)14-13-17-9-6-11-20(15-17)23-28(26,27)16-18-7-2-1-3-8-18;1-22(20,21)17-14-7-4-5-12(11-14)9-10-13-6-2-3-8-15(13)16(18)19/h2-8,11-15,23H,9-10H2,1H3,(H,24,25);1-12,15,23H,13-14,16H2,(H,24,25);2-8,11,17H,9-10H2,1H3,(H,18,19). The van der Waals surface area contributed by atoms with Gasteiger partial charge in [0.15, 0.2) is 0 Å². The van der Waals surface area contributed by atoms with E-state index >= 15 is 0 Å². The van der Waals surface area contributed by atoms with Crippen molar-refractivity contribution in [2.24, 2.45) is 0 Å². The third-order valence-corrected chi connectivity index (χ3v) is 15.2. The first-order chi connectivity index (χ1) is 37.7. The minimum Gasteiger partial charge on any atom is -0.497 e. The molecule has 8 rings (SSSR count). The molecule has 16 nitrogen and oxygen atoms in total. The van der Waals surface area contributed by atoms with E-state index in [9.17, 15) is 49.9 Å². The summed E-state index contributed by atoms with van der Waals surface area (Å²) >= 11 is 0. The van der Waals surface area contributed by atoms with Crippen LogP contribution in [-0.4, -0.2) is 71.8 Å². The van der Waals surface area contributed by atoms with Crippen LogP contribution >= 0.6 is 0 Å². The van der Waals surface area contributed by atoms with Crippen molar-refractivity contribution in [1.82, 2.24) is 0 Å². The number of aryl methyl sites for hydroxylation is 6. The largest absolute Gasteiger partial charge is 0.497 e. The molecular formula is C60H59N3O13S3. The molecule has 0 bridgehead atoms. The number of sulfonamides is 3. The summed E-state index contributed by atoms with van der Waals surface area (Å²) < 4.78 is 85.1. The Balaban J connectivity index is 0.000000193. The molecular weight excluding hydrogens is 1070 g/mol. The highest BCUT2D eigenvalue weighted by Crippen LogP contribution is 2.23. The third kappa shape index (κ3) is 19.3. The van der Waals surface area contributed by atoms with Crippen molar-refractivity contribution in [3.8, 4) is 5.75 Å². The topological polar surface area (TPSA) is 260 Å². The number of carbonyl (C=O) groups is 3. The lowest BCUT2D eigenvalue weighted by Crippen LogP contribution is -2.15. The third-order valence-electron chi connectivity index (χ3n) is 12.0. The number of methoxy groups -OCH3 is 1. The molecule has 8 aromatic carbocycles. The number of benzene rings is 8. The average molecular weight is 1130 g/mol. The first-order valence-electron chi connectivity index (χ1n) is 24.6. The first-order valence-corrected chi connectivity index (χ1v) is 29.6. The lowest BCUT2D eigenvalue weighted by molar-refractivity contribution is 0.0684.